The molecule has 0 bridgehead atoms. The lowest BCUT2D eigenvalue weighted by atomic mass is 10.1. The van der Waals surface area contributed by atoms with Gasteiger partial charge in [0.15, 0.2) is 9.84 Å². The Bertz CT molecular complexity index is 980. The Morgan fingerprint density at radius 3 is 2.17 bits per heavy atom. The highest BCUT2D eigenvalue weighted by Crippen LogP contribution is 2.29. The number of sulfone groups is 1. The van der Waals surface area contributed by atoms with E-state index in [4.69, 9.17) is 4.74 Å². The van der Waals surface area contributed by atoms with E-state index >= 15 is 0 Å². The molecule has 0 saturated heterocycles. The standard InChI is InChI=1S/C16H19NO5S2/c1-11-5-7-14(12(2)9-11)17-24(20,21)16-10-13(23(4,18)19)6-8-15(16)22-3/h5-10,17H,1-4H3. The van der Waals surface area contributed by atoms with Gasteiger partial charge in [-0.1, -0.05) is 17.7 Å². The fourth-order valence-electron chi connectivity index (χ4n) is 2.23. The first-order valence-electron chi connectivity index (χ1n) is 7.03. The molecule has 2 rings (SSSR count). The molecule has 24 heavy (non-hydrogen) atoms. The van der Waals surface area contributed by atoms with Crippen LogP contribution in [0.15, 0.2) is 46.2 Å². The minimum atomic E-state index is -4.01. The van der Waals surface area contributed by atoms with E-state index in [0.717, 1.165) is 23.4 Å². The Morgan fingerprint density at radius 2 is 1.62 bits per heavy atom. The number of benzene rings is 2. The molecule has 0 aromatic heterocycles. The number of anilines is 1. The van der Waals surface area contributed by atoms with Crippen molar-refractivity contribution in [3.8, 4) is 5.75 Å². The van der Waals surface area contributed by atoms with Gasteiger partial charge in [-0.2, -0.15) is 0 Å². The molecule has 0 spiro atoms. The summed E-state index contributed by atoms with van der Waals surface area (Å²) < 4.78 is 56.4. The number of ether oxygens (including phenoxy) is 1. The maximum absolute atomic E-state index is 12.7. The zero-order chi connectivity index (χ0) is 18.1. The number of nitrogens with one attached hydrogen (secondary N) is 1. The van der Waals surface area contributed by atoms with Crippen molar-refractivity contribution < 1.29 is 21.6 Å². The van der Waals surface area contributed by atoms with Crippen molar-refractivity contribution in [3.05, 3.63) is 47.5 Å². The molecule has 0 aliphatic heterocycles. The Morgan fingerprint density at radius 1 is 0.958 bits per heavy atom. The molecule has 0 saturated carbocycles. The van der Waals surface area contributed by atoms with Gasteiger partial charge in [0.2, 0.25) is 0 Å². The van der Waals surface area contributed by atoms with Crippen LogP contribution in [0.2, 0.25) is 0 Å². The second-order valence-electron chi connectivity index (χ2n) is 5.51. The fraction of sp³-hybridized carbons (Fsp3) is 0.250. The quantitative estimate of drug-likeness (QED) is 0.875. The molecule has 6 nitrogen and oxygen atoms in total. The summed E-state index contributed by atoms with van der Waals surface area (Å²) in [5.74, 6) is 0.0691. The first-order chi connectivity index (χ1) is 11.0. The van der Waals surface area contributed by atoms with Gasteiger partial charge in [-0.25, -0.2) is 16.8 Å². The van der Waals surface area contributed by atoms with Crippen molar-refractivity contribution in [1.82, 2.24) is 0 Å². The smallest absolute Gasteiger partial charge is 0.265 e. The second-order valence-corrected chi connectivity index (χ2v) is 9.18. The SMILES string of the molecule is COc1ccc(S(C)(=O)=O)cc1S(=O)(=O)Nc1ccc(C)cc1C. The minimum Gasteiger partial charge on any atom is -0.495 e. The van der Waals surface area contributed by atoms with Crippen LogP contribution in [0, 0.1) is 13.8 Å². The predicted molar refractivity (Wildman–Crippen MR) is 92.8 cm³/mol. The molecule has 0 unspecified atom stereocenters. The third kappa shape index (κ3) is 3.88. The zero-order valence-electron chi connectivity index (χ0n) is 13.8. The summed E-state index contributed by atoms with van der Waals surface area (Å²) in [6.45, 7) is 3.69. The van der Waals surface area contributed by atoms with Gasteiger partial charge < -0.3 is 4.74 Å². The Kier molecular flexibility index (Phi) is 4.91. The zero-order valence-corrected chi connectivity index (χ0v) is 15.5. The van der Waals surface area contributed by atoms with Gasteiger partial charge >= 0.3 is 0 Å². The highest BCUT2D eigenvalue weighted by Gasteiger charge is 2.23. The number of aryl methyl sites for hydroxylation is 2. The molecule has 0 fully saturated rings. The van der Waals surface area contributed by atoms with Crippen molar-refractivity contribution in [3.63, 3.8) is 0 Å². The van der Waals surface area contributed by atoms with Crippen molar-refractivity contribution >= 4 is 25.5 Å². The van der Waals surface area contributed by atoms with Crippen LogP contribution < -0.4 is 9.46 Å². The van der Waals surface area contributed by atoms with E-state index in [1.165, 1.54) is 19.2 Å². The van der Waals surface area contributed by atoms with Crippen LogP contribution in [0.5, 0.6) is 5.75 Å². The van der Waals surface area contributed by atoms with Crippen molar-refractivity contribution in [2.75, 3.05) is 18.1 Å². The topological polar surface area (TPSA) is 89.5 Å². The van der Waals surface area contributed by atoms with Crippen LogP contribution in [-0.4, -0.2) is 30.2 Å². The maximum atomic E-state index is 12.7. The highest BCUT2D eigenvalue weighted by atomic mass is 32.2. The summed E-state index contributed by atoms with van der Waals surface area (Å²) >= 11 is 0. The third-order valence-electron chi connectivity index (χ3n) is 3.48. The monoisotopic (exact) mass is 369 g/mol. The number of methoxy groups -OCH3 is 1. The summed E-state index contributed by atoms with van der Waals surface area (Å²) in [5.41, 5.74) is 2.19. The van der Waals surface area contributed by atoms with Crippen LogP contribution in [0.25, 0.3) is 0 Å². The summed E-state index contributed by atoms with van der Waals surface area (Å²) in [6, 6.07) is 9.03. The van der Waals surface area contributed by atoms with Crippen LogP contribution in [-0.2, 0) is 19.9 Å². The van der Waals surface area contributed by atoms with Gasteiger partial charge in [-0.15, -0.1) is 0 Å². The molecule has 0 aliphatic rings. The number of rotatable bonds is 5. The minimum absolute atomic E-state index is 0.0691. The largest absolute Gasteiger partial charge is 0.495 e. The molecule has 0 amide bonds. The van der Waals surface area contributed by atoms with Crippen molar-refractivity contribution in [1.29, 1.82) is 0 Å². The summed E-state index contributed by atoms with van der Waals surface area (Å²) in [5, 5.41) is 0. The van der Waals surface area contributed by atoms with E-state index in [2.05, 4.69) is 4.72 Å². The molecular weight excluding hydrogens is 350 g/mol. The van der Waals surface area contributed by atoms with Crippen LogP contribution in [0.3, 0.4) is 0 Å². The summed E-state index contributed by atoms with van der Waals surface area (Å²) in [6.07, 6.45) is 1.02. The molecule has 0 aliphatic carbocycles. The van der Waals surface area contributed by atoms with Crippen LogP contribution in [0.1, 0.15) is 11.1 Å². The number of sulfonamides is 1. The molecule has 0 heterocycles. The third-order valence-corrected chi connectivity index (χ3v) is 5.98. The Balaban J connectivity index is 2.55. The van der Waals surface area contributed by atoms with Gasteiger partial charge in [0, 0.05) is 6.26 Å². The first kappa shape index (κ1) is 18.3. The predicted octanol–water partition coefficient (Wildman–Crippen LogP) is 2.52. The van der Waals surface area contributed by atoms with Gasteiger partial charge in [0.05, 0.1) is 17.7 Å². The molecule has 0 atom stereocenters. The van der Waals surface area contributed by atoms with Crippen molar-refractivity contribution in [2.45, 2.75) is 23.6 Å². The molecule has 0 radical (unpaired) electrons. The molecular formula is C16H19NO5S2. The lowest BCUT2D eigenvalue weighted by Crippen LogP contribution is -2.15. The molecule has 1 N–H and O–H groups in total. The average Bonchev–Trinajstić information content (AvgIpc) is 2.48. The van der Waals surface area contributed by atoms with E-state index in [1.54, 1.807) is 19.1 Å². The second kappa shape index (κ2) is 6.45. The van der Waals surface area contributed by atoms with E-state index < -0.39 is 19.9 Å². The first-order valence-corrected chi connectivity index (χ1v) is 10.4. The maximum Gasteiger partial charge on any atom is 0.265 e. The molecule has 2 aromatic rings. The molecule has 8 heteroatoms. The van der Waals surface area contributed by atoms with Crippen LogP contribution >= 0.6 is 0 Å². The Hall–Kier alpha value is -2.06. The highest BCUT2D eigenvalue weighted by molar-refractivity contribution is 7.93. The Labute approximate surface area is 142 Å². The average molecular weight is 369 g/mol. The lowest BCUT2D eigenvalue weighted by Gasteiger charge is -2.14. The summed E-state index contributed by atoms with van der Waals surface area (Å²) in [4.78, 5) is -0.322. The fourth-order valence-corrected chi connectivity index (χ4v) is 4.27. The normalized spacial score (nSPS) is 12.0. The lowest BCUT2D eigenvalue weighted by molar-refractivity contribution is 0.402. The van der Waals surface area contributed by atoms with Gasteiger partial charge in [0.25, 0.3) is 10.0 Å². The van der Waals surface area contributed by atoms with E-state index in [9.17, 15) is 16.8 Å². The number of hydrogen-bond acceptors (Lipinski definition) is 5. The van der Waals surface area contributed by atoms with Gasteiger partial charge in [0.1, 0.15) is 10.6 Å². The number of hydrogen-bond donors (Lipinski definition) is 1. The van der Waals surface area contributed by atoms with E-state index in [1.807, 2.05) is 13.0 Å². The van der Waals surface area contributed by atoms with Gasteiger partial charge in [-0.3, -0.25) is 4.72 Å². The molecule has 130 valence electrons. The van der Waals surface area contributed by atoms with Crippen molar-refractivity contribution in [2.24, 2.45) is 0 Å². The van der Waals surface area contributed by atoms with Crippen LogP contribution in [0.4, 0.5) is 5.69 Å². The molecule has 2 aromatic carbocycles. The van der Waals surface area contributed by atoms with E-state index in [0.29, 0.717) is 5.69 Å². The van der Waals surface area contributed by atoms with E-state index in [-0.39, 0.29) is 15.5 Å². The summed E-state index contributed by atoms with van der Waals surface area (Å²) in [7, 11) is -6.23. The van der Waals surface area contributed by atoms with Gasteiger partial charge in [-0.05, 0) is 43.7 Å².